The van der Waals surface area contributed by atoms with Gasteiger partial charge in [0, 0.05) is 23.5 Å². The Labute approximate surface area is 139 Å². The van der Waals surface area contributed by atoms with Gasteiger partial charge in [-0.15, -0.1) is 11.3 Å². The number of aromatic nitrogens is 2. The van der Waals surface area contributed by atoms with Gasteiger partial charge in [0.25, 0.3) is 0 Å². The van der Waals surface area contributed by atoms with Crippen LogP contribution in [-0.2, 0) is 23.2 Å². The first-order chi connectivity index (χ1) is 11.3. The van der Waals surface area contributed by atoms with E-state index >= 15 is 0 Å². The lowest BCUT2D eigenvalue weighted by Crippen LogP contribution is -2.57. The van der Waals surface area contributed by atoms with Crippen LogP contribution in [0.1, 0.15) is 41.9 Å². The smallest absolute Gasteiger partial charge is 0.237 e. The molecule has 0 aromatic carbocycles. The third-order valence-corrected chi connectivity index (χ3v) is 5.99. The van der Waals surface area contributed by atoms with E-state index in [0.717, 1.165) is 30.7 Å². The quantitative estimate of drug-likeness (QED) is 0.804. The second-order valence-corrected chi connectivity index (χ2v) is 7.57. The van der Waals surface area contributed by atoms with Crippen LogP contribution in [0.5, 0.6) is 0 Å². The lowest BCUT2D eigenvalue weighted by molar-refractivity contribution is -0.124. The molecule has 0 saturated heterocycles. The summed E-state index contributed by atoms with van der Waals surface area (Å²) in [6.45, 7) is 0.695. The van der Waals surface area contributed by atoms with Crippen LogP contribution in [0.25, 0.3) is 0 Å². The molecule has 1 aliphatic heterocycles. The number of fused-ring (bicyclic) bond motifs is 2. The summed E-state index contributed by atoms with van der Waals surface area (Å²) in [5.74, 6) is 0.105. The summed E-state index contributed by atoms with van der Waals surface area (Å²) in [6.07, 6.45) is 7.91. The molecule has 2 aromatic heterocycles. The molecule has 2 aliphatic rings. The maximum absolute atomic E-state index is 12.6. The summed E-state index contributed by atoms with van der Waals surface area (Å²) in [5.41, 5.74) is 2.17. The molecule has 1 fully saturated rings. The average Bonchev–Trinajstić information content (AvgIpc) is 3.28. The maximum Gasteiger partial charge on any atom is 0.237 e. The molecule has 1 spiro atoms. The van der Waals surface area contributed by atoms with Crippen molar-refractivity contribution in [2.45, 2.75) is 50.1 Å². The molecule has 1 atom stereocenters. The van der Waals surface area contributed by atoms with Gasteiger partial charge in [0.2, 0.25) is 5.91 Å². The van der Waals surface area contributed by atoms with Gasteiger partial charge in [-0.05, 0) is 30.7 Å². The van der Waals surface area contributed by atoms with Crippen LogP contribution < -0.4 is 10.6 Å². The van der Waals surface area contributed by atoms with Crippen molar-refractivity contribution in [3.05, 3.63) is 40.1 Å². The molecule has 2 aromatic rings. The van der Waals surface area contributed by atoms with E-state index in [0.29, 0.717) is 13.0 Å². The van der Waals surface area contributed by atoms with E-state index in [9.17, 15) is 4.79 Å². The van der Waals surface area contributed by atoms with E-state index in [-0.39, 0.29) is 17.5 Å². The Morgan fingerprint density at radius 3 is 3.09 bits per heavy atom. The monoisotopic (exact) mass is 330 g/mol. The third-order valence-electron chi connectivity index (χ3n) is 5.05. The van der Waals surface area contributed by atoms with Gasteiger partial charge in [-0.25, -0.2) is 4.98 Å². The Bertz CT molecular complexity index is 673. The fraction of sp³-hybridized carbons (Fsp3) is 0.529. The van der Waals surface area contributed by atoms with Crippen LogP contribution in [0.3, 0.4) is 0 Å². The number of carbonyl (C=O) groups excluding carboxylic acids is 1. The highest BCUT2D eigenvalue weighted by Crippen LogP contribution is 2.41. The average molecular weight is 330 g/mol. The number of amides is 1. The third kappa shape index (κ3) is 2.81. The molecular formula is C17H22N4OS. The maximum atomic E-state index is 12.6. The number of thiophene rings is 1. The van der Waals surface area contributed by atoms with Gasteiger partial charge in [0.1, 0.15) is 0 Å². The number of hydrogen-bond donors (Lipinski definition) is 3. The van der Waals surface area contributed by atoms with Crippen molar-refractivity contribution >= 4 is 17.2 Å². The molecule has 4 rings (SSSR count). The Balaban J connectivity index is 1.42. The van der Waals surface area contributed by atoms with Crippen molar-refractivity contribution in [2.75, 3.05) is 6.54 Å². The van der Waals surface area contributed by atoms with Gasteiger partial charge in [0.05, 0.1) is 23.6 Å². The van der Waals surface area contributed by atoms with Gasteiger partial charge in [-0.2, -0.15) is 0 Å². The lowest BCUT2D eigenvalue weighted by Gasteiger charge is -2.38. The summed E-state index contributed by atoms with van der Waals surface area (Å²) in [5, 5.41) is 8.79. The van der Waals surface area contributed by atoms with Gasteiger partial charge in [-0.1, -0.05) is 18.9 Å². The summed E-state index contributed by atoms with van der Waals surface area (Å²) < 4.78 is 0. The zero-order valence-electron chi connectivity index (χ0n) is 13.1. The highest BCUT2D eigenvalue weighted by atomic mass is 32.1. The molecule has 23 heavy (non-hydrogen) atoms. The van der Waals surface area contributed by atoms with E-state index in [4.69, 9.17) is 0 Å². The largest absolute Gasteiger partial charge is 0.354 e. The molecular weight excluding hydrogens is 308 g/mol. The first-order valence-electron chi connectivity index (χ1n) is 8.37. The molecule has 1 amide bonds. The van der Waals surface area contributed by atoms with Gasteiger partial charge < -0.3 is 10.3 Å². The van der Waals surface area contributed by atoms with Crippen LogP contribution in [0.2, 0.25) is 0 Å². The van der Waals surface area contributed by atoms with Crippen LogP contribution in [-0.4, -0.2) is 28.5 Å². The first-order valence-corrected chi connectivity index (χ1v) is 9.25. The first kappa shape index (κ1) is 14.9. The molecule has 1 saturated carbocycles. The summed E-state index contributed by atoms with van der Waals surface area (Å²) in [4.78, 5) is 21.7. The molecule has 3 heterocycles. The van der Waals surface area contributed by atoms with Crippen molar-refractivity contribution in [3.8, 4) is 0 Å². The number of nitrogens with zero attached hydrogens (tertiary/aromatic N) is 1. The predicted molar refractivity (Wildman–Crippen MR) is 90.4 cm³/mol. The van der Waals surface area contributed by atoms with Crippen molar-refractivity contribution < 1.29 is 4.79 Å². The Kier molecular flexibility index (Phi) is 3.95. The fourth-order valence-electron chi connectivity index (χ4n) is 3.95. The van der Waals surface area contributed by atoms with Crippen LogP contribution in [0.4, 0.5) is 0 Å². The van der Waals surface area contributed by atoms with Gasteiger partial charge in [0.15, 0.2) is 0 Å². The predicted octanol–water partition coefficient (Wildman–Crippen LogP) is 2.11. The van der Waals surface area contributed by atoms with E-state index in [1.54, 1.807) is 17.7 Å². The summed E-state index contributed by atoms with van der Waals surface area (Å²) >= 11 is 1.74. The number of hydrogen-bond acceptors (Lipinski definition) is 4. The van der Waals surface area contributed by atoms with Crippen molar-refractivity contribution in [2.24, 2.45) is 0 Å². The highest BCUT2D eigenvalue weighted by molar-refractivity contribution is 7.09. The Hall–Kier alpha value is -1.66. The van der Waals surface area contributed by atoms with Crippen LogP contribution in [0.15, 0.2) is 23.8 Å². The number of nitrogens with one attached hydrogen (secondary N) is 3. The zero-order valence-corrected chi connectivity index (χ0v) is 13.9. The SMILES string of the molecule is O=C(NCCc1cccs1)[C@@H]1Cc2[nH]cnc2C2(CCCC2)N1. The minimum absolute atomic E-state index is 0.0939. The second-order valence-electron chi connectivity index (χ2n) is 6.54. The molecule has 0 unspecified atom stereocenters. The molecule has 1 aliphatic carbocycles. The topological polar surface area (TPSA) is 69.8 Å². The van der Waals surface area contributed by atoms with Crippen LogP contribution >= 0.6 is 11.3 Å². The van der Waals surface area contributed by atoms with E-state index in [2.05, 4.69) is 32.0 Å². The normalized spacial score (nSPS) is 22.2. The molecule has 122 valence electrons. The minimum Gasteiger partial charge on any atom is -0.354 e. The number of H-pyrrole nitrogens is 1. The van der Waals surface area contributed by atoms with E-state index in [1.165, 1.54) is 17.7 Å². The number of rotatable bonds is 4. The van der Waals surface area contributed by atoms with Crippen molar-refractivity contribution in [3.63, 3.8) is 0 Å². The van der Waals surface area contributed by atoms with E-state index in [1.807, 2.05) is 6.07 Å². The molecule has 6 heteroatoms. The fourth-order valence-corrected chi connectivity index (χ4v) is 4.66. The molecule has 0 radical (unpaired) electrons. The van der Waals surface area contributed by atoms with Gasteiger partial charge >= 0.3 is 0 Å². The van der Waals surface area contributed by atoms with Crippen molar-refractivity contribution in [1.82, 2.24) is 20.6 Å². The zero-order chi connectivity index (χ0) is 15.7. The Morgan fingerprint density at radius 1 is 1.43 bits per heavy atom. The minimum atomic E-state index is -0.163. The number of imidazole rings is 1. The molecule has 3 N–H and O–H groups in total. The Morgan fingerprint density at radius 2 is 2.30 bits per heavy atom. The number of carbonyl (C=O) groups is 1. The van der Waals surface area contributed by atoms with Gasteiger partial charge in [-0.3, -0.25) is 10.1 Å². The van der Waals surface area contributed by atoms with Crippen LogP contribution in [0, 0.1) is 0 Å². The standard InChI is InChI=1S/C17H22N4OS/c22-16(18-8-5-12-4-3-9-23-12)14-10-13-15(20-11-19-13)17(21-14)6-1-2-7-17/h3-4,9,11,14,21H,1-2,5-8,10H2,(H,18,22)(H,19,20)/t14-/m0/s1. The highest BCUT2D eigenvalue weighted by Gasteiger charge is 2.45. The summed E-state index contributed by atoms with van der Waals surface area (Å²) in [7, 11) is 0. The van der Waals surface area contributed by atoms with Crippen molar-refractivity contribution in [1.29, 1.82) is 0 Å². The molecule has 0 bridgehead atoms. The van der Waals surface area contributed by atoms with E-state index < -0.39 is 0 Å². The lowest BCUT2D eigenvalue weighted by atomic mass is 9.85. The number of aromatic amines is 1. The second kappa shape index (κ2) is 6.09. The molecule has 5 nitrogen and oxygen atoms in total. The summed E-state index contributed by atoms with van der Waals surface area (Å²) in [6, 6.07) is 4.00.